The first-order valence-corrected chi connectivity index (χ1v) is 8.14. The fourth-order valence-corrected chi connectivity index (χ4v) is 4.06. The highest BCUT2D eigenvalue weighted by atomic mass is 32.1. The van der Waals surface area contributed by atoms with Crippen LogP contribution < -0.4 is 5.32 Å². The quantitative estimate of drug-likeness (QED) is 0.920. The zero-order chi connectivity index (χ0) is 13.1. The van der Waals surface area contributed by atoms with E-state index in [0.29, 0.717) is 12.1 Å². The third-order valence-electron chi connectivity index (χ3n) is 4.17. The number of ether oxygens (including phenoxy) is 2. The first-order chi connectivity index (χ1) is 9.26. The van der Waals surface area contributed by atoms with Crippen molar-refractivity contribution in [3.63, 3.8) is 0 Å². The second-order valence-electron chi connectivity index (χ2n) is 5.87. The van der Waals surface area contributed by atoms with E-state index in [9.17, 15) is 0 Å². The van der Waals surface area contributed by atoms with Crippen LogP contribution in [0.15, 0.2) is 17.5 Å². The largest absolute Gasteiger partial charge is 0.378 e. The third kappa shape index (κ3) is 3.37. The van der Waals surface area contributed by atoms with Crippen LogP contribution in [-0.4, -0.2) is 37.5 Å². The first kappa shape index (κ1) is 13.6. The van der Waals surface area contributed by atoms with Gasteiger partial charge in [0.1, 0.15) is 0 Å². The van der Waals surface area contributed by atoms with Crippen molar-refractivity contribution >= 4 is 11.3 Å². The normalized spacial score (nSPS) is 32.8. The van der Waals surface area contributed by atoms with Crippen LogP contribution >= 0.6 is 11.3 Å². The second kappa shape index (κ2) is 5.92. The first-order valence-electron chi connectivity index (χ1n) is 7.26. The summed E-state index contributed by atoms with van der Waals surface area (Å²) in [5, 5.41) is 5.93. The Morgan fingerprint density at radius 2 is 2.47 bits per heavy atom. The Morgan fingerprint density at radius 1 is 1.53 bits per heavy atom. The predicted molar refractivity (Wildman–Crippen MR) is 77.8 cm³/mol. The van der Waals surface area contributed by atoms with Crippen molar-refractivity contribution in [1.29, 1.82) is 0 Å². The van der Waals surface area contributed by atoms with Crippen LogP contribution in [0, 0.1) is 0 Å². The van der Waals surface area contributed by atoms with Crippen LogP contribution in [0.2, 0.25) is 0 Å². The number of rotatable bonds is 4. The van der Waals surface area contributed by atoms with Crippen molar-refractivity contribution in [3.05, 3.63) is 22.4 Å². The van der Waals surface area contributed by atoms with Crippen LogP contribution in [0.25, 0.3) is 0 Å². The van der Waals surface area contributed by atoms with E-state index in [1.54, 1.807) is 0 Å². The van der Waals surface area contributed by atoms with E-state index in [1.807, 2.05) is 11.3 Å². The maximum Gasteiger partial charge on any atom is 0.0951 e. The summed E-state index contributed by atoms with van der Waals surface area (Å²) in [4.78, 5) is 1.46. The summed E-state index contributed by atoms with van der Waals surface area (Å²) < 4.78 is 11.5. The fourth-order valence-electron chi connectivity index (χ4n) is 3.23. The summed E-state index contributed by atoms with van der Waals surface area (Å²) in [6.45, 7) is 4.79. The van der Waals surface area contributed by atoms with E-state index in [1.165, 1.54) is 4.88 Å². The molecule has 1 aromatic rings. The second-order valence-corrected chi connectivity index (χ2v) is 6.91. The molecule has 2 saturated heterocycles. The smallest absolute Gasteiger partial charge is 0.0951 e. The van der Waals surface area contributed by atoms with Crippen LogP contribution in [0.5, 0.6) is 0 Å². The lowest BCUT2D eigenvalue weighted by Crippen LogP contribution is -2.49. The fraction of sp³-hybridized carbons (Fsp3) is 0.733. The lowest BCUT2D eigenvalue weighted by atomic mass is 9.89. The number of nitrogens with one attached hydrogen (secondary N) is 1. The molecule has 0 saturated carbocycles. The van der Waals surface area contributed by atoms with Gasteiger partial charge in [0.25, 0.3) is 0 Å². The van der Waals surface area contributed by atoms with Crippen LogP contribution in [-0.2, 0) is 15.9 Å². The third-order valence-corrected chi connectivity index (χ3v) is 5.07. The molecule has 3 nitrogen and oxygen atoms in total. The van der Waals surface area contributed by atoms with Gasteiger partial charge in [-0.3, -0.25) is 0 Å². The Bertz CT molecular complexity index is 387. The van der Waals surface area contributed by atoms with Gasteiger partial charge in [0.05, 0.1) is 12.2 Å². The molecule has 1 N–H and O–H groups in total. The molecule has 1 aromatic heterocycles. The number of hydrogen-bond acceptors (Lipinski definition) is 4. The van der Waals surface area contributed by atoms with Gasteiger partial charge in [-0.1, -0.05) is 6.07 Å². The van der Waals surface area contributed by atoms with Gasteiger partial charge in [0, 0.05) is 36.6 Å². The molecule has 3 heterocycles. The summed E-state index contributed by atoms with van der Waals surface area (Å²) in [5.74, 6) is 0. The molecule has 3 rings (SSSR count). The standard InChI is InChI=1S/C15H23NO2S/c1-12(9-14-3-2-8-19-14)16-13-4-6-18-15(10-13)5-7-17-11-15/h2-3,8,12-13,16H,4-7,9-11H2,1H3. The van der Waals surface area contributed by atoms with E-state index in [0.717, 1.165) is 45.5 Å². The van der Waals surface area contributed by atoms with Gasteiger partial charge >= 0.3 is 0 Å². The Kier molecular flexibility index (Phi) is 4.22. The monoisotopic (exact) mass is 281 g/mol. The zero-order valence-electron chi connectivity index (χ0n) is 11.6. The molecule has 3 unspecified atom stereocenters. The van der Waals surface area contributed by atoms with Crippen molar-refractivity contribution in [1.82, 2.24) is 5.32 Å². The van der Waals surface area contributed by atoms with Crippen molar-refractivity contribution in [2.75, 3.05) is 19.8 Å². The zero-order valence-corrected chi connectivity index (χ0v) is 12.4. The summed E-state index contributed by atoms with van der Waals surface area (Å²) in [7, 11) is 0. The molecule has 1 spiro atoms. The van der Waals surface area contributed by atoms with E-state index in [-0.39, 0.29) is 5.60 Å². The lowest BCUT2D eigenvalue weighted by molar-refractivity contribution is -0.0901. The minimum absolute atomic E-state index is 0.0125. The Morgan fingerprint density at radius 3 is 3.21 bits per heavy atom. The van der Waals surface area contributed by atoms with Gasteiger partial charge in [-0.2, -0.15) is 0 Å². The van der Waals surface area contributed by atoms with E-state index >= 15 is 0 Å². The highest BCUT2D eigenvalue weighted by molar-refractivity contribution is 7.09. The van der Waals surface area contributed by atoms with Crippen molar-refractivity contribution in [2.24, 2.45) is 0 Å². The minimum atomic E-state index is 0.0125. The van der Waals surface area contributed by atoms with Gasteiger partial charge in [0.15, 0.2) is 0 Å². The Labute approximate surface area is 119 Å². The van der Waals surface area contributed by atoms with Gasteiger partial charge in [-0.15, -0.1) is 11.3 Å². The van der Waals surface area contributed by atoms with Gasteiger partial charge < -0.3 is 14.8 Å². The lowest BCUT2D eigenvalue weighted by Gasteiger charge is -2.38. The van der Waals surface area contributed by atoms with Gasteiger partial charge in [-0.25, -0.2) is 0 Å². The van der Waals surface area contributed by atoms with Crippen LogP contribution in [0.1, 0.15) is 31.1 Å². The van der Waals surface area contributed by atoms with Crippen molar-refractivity contribution < 1.29 is 9.47 Å². The molecule has 0 bridgehead atoms. The Balaban J connectivity index is 1.51. The van der Waals surface area contributed by atoms with Crippen LogP contribution in [0.3, 0.4) is 0 Å². The van der Waals surface area contributed by atoms with Crippen LogP contribution in [0.4, 0.5) is 0 Å². The summed E-state index contributed by atoms with van der Waals surface area (Å²) in [5.41, 5.74) is 0.0125. The summed E-state index contributed by atoms with van der Waals surface area (Å²) in [6, 6.07) is 5.46. The highest BCUT2D eigenvalue weighted by Crippen LogP contribution is 2.33. The number of hydrogen-bond donors (Lipinski definition) is 1. The molecule has 19 heavy (non-hydrogen) atoms. The maximum atomic E-state index is 5.98. The molecule has 0 aromatic carbocycles. The van der Waals surface area contributed by atoms with E-state index < -0.39 is 0 Å². The minimum Gasteiger partial charge on any atom is -0.378 e. The number of thiophene rings is 1. The van der Waals surface area contributed by atoms with E-state index in [4.69, 9.17) is 9.47 Å². The SMILES string of the molecule is CC(Cc1cccs1)NC1CCOC2(CCOC2)C1. The molecular formula is C15H23NO2S. The molecule has 2 aliphatic heterocycles. The average molecular weight is 281 g/mol. The summed E-state index contributed by atoms with van der Waals surface area (Å²) >= 11 is 1.85. The molecule has 0 aliphatic carbocycles. The Hall–Kier alpha value is -0.420. The van der Waals surface area contributed by atoms with Gasteiger partial charge in [0.2, 0.25) is 0 Å². The topological polar surface area (TPSA) is 30.5 Å². The molecule has 0 radical (unpaired) electrons. The van der Waals surface area contributed by atoms with Gasteiger partial charge in [-0.05, 0) is 37.6 Å². The van der Waals surface area contributed by atoms with Crippen molar-refractivity contribution in [3.8, 4) is 0 Å². The maximum absolute atomic E-state index is 5.98. The average Bonchev–Trinajstić information content (AvgIpc) is 3.02. The molecule has 106 valence electrons. The summed E-state index contributed by atoms with van der Waals surface area (Å²) in [6.07, 6.45) is 4.40. The molecule has 4 heteroatoms. The molecule has 2 fully saturated rings. The highest BCUT2D eigenvalue weighted by Gasteiger charge is 2.41. The van der Waals surface area contributed by atoms with Crippen molar-refractivity contribution in [2.45, 2.75) is 50.3 Å². The molecule has 2 aliphatic rings. The van der Waals surface area contributed by atoms with E-state index in [2.05, 4.69) is 29.8 Å². The predicted octanol–water partition coefficient (Wildman–Crippen LogP) is 2.61. The molecule has 3 atom stereocenters. The molecular weight excluding hydrogens is 258 g/mol. The molecule has 0 amide bonds.